The minimum Gasteiger partial charge on any atom is -0.258 e. The molecule has 0 amide bonds. The highest BCUT2D eigenvalue weighted by Crippen LogP contribution is 2.37. The molecule has 2 rings (SSSR count). The van der Waals surface area contributed by atoms with Crippen molar-refractivity contribution in [2.45, 2.75) is 17.6 Å². The number of thioether (sulfide) groups is 1. The van der Waals surface area contributed by atoms with Crippen molar-refractivity contribution in [2.75, 3.05) is 5.75 Å². The molecule has 1 heterocycles. The van der Waals surface area contributed by atoms with Crippen LogP contribution >= 0.6 is 11.8 Å². The molecule has 0 spiro atoms. The molecular weight excluding hydrogens is 224 g/mol. The monoisotopic (exact) mass is 234 g/mol. The highest BCUT2D eigenvalue weighted by molar-refractivity contribution is 8.00. The maximum atomic E-state index is 10.5. The molecule has 0 N–H and O–H groups in total. The summed E-state index contributed by atoms with van der Waals surface area (Å²) in [5.41, 5.74) is 1.21. The van der Waals surface area contributed by atoms with E-state index in [0.29, 0.717) is 5.92 Å². The van der Waals surface area contributed by atoms with Crippen LogP contribution in [0.5, 0.6) is 0 Å². The molecule has 0 bridgehead atoms. The minimum absolute atomic E-state index is 0.0696. The highest BCUT2D eigenvalue weighted by atomic mass is 32.2. The van der Waals surface area contributed by atoms with Crippen molar-refractivity contribution >= 4 is 17.4 Å². The largest absolute Gasteiger partial charge is 0.269 e. The molecule has 5 heteroatoms. The second-order valence-corrected chi connectivity index (χ2v) is 4.97. The Hall–Kier alpha value is -1.54. The topological polar surface area (TPSA) is 66.9 Å². The van der Waals surface area contributed by atoms with Crippen LogP contribution in [-0.2, 0) is 0 Å². The van der Waals surface area contributed by atoms with Gasteiger partial charge in [-0.25, -0.2) is 0 Å². The average molecular weight is 234 g/mol. The van der Waals surface area contributed by atoms with Gasteiger partial charge in [0.25, 0.3) is 5.69 Å². The summed E-state index contributed by atoms with van der Waals surface area (Å²) in [5, 5.41) is 19.3. The van der Waals surface area contributed by atoms with E-state index in [1.807, 2.05) is 0 Å². The van der Waals surface area contributed by atoms with Crippen LogP contribution in [0, 0.1) is 21.4 Å². The normalized spacial score (nSPS) is 23.9. The van der Waals surface area contributed by atoms with Crippen LogP contribution in [0.2, 0.25) is 0 Å². The molecule has 1 aromatic carbocycles. The Balaban J connectivity index is 2.11. The smallest absolute Gasteiger partial charge is 0.258 e. The maximum Gasteiger partial charge on any atom is 0.269 e. The molecule has 0 unspecified atom stereocenters. The van der Waals surface area contributed by atoms with E-state index in [9.17, 15) is 10.1 Å². The SMILES string of the molecule is N#C[C@@H]1C[C@H](c2ccc([N+](=O)[O-])cc2)CS1. The first kappa shape index (κ1) is 11.0. The highest BCUT2D eigenvalue weighted by Gasteiger charge is 2.26. The summed E-state index contributed by atoms with van der Waals surface area (Å²) in [6.07, 6.45) is 0.846. The van der Waals surface area contributed by atoms with Gasteiger partial charge < -0.3 is 0 Å². The Morgan fingerprint density at radius 3 is 2.62 bits per heavy atom. The zero-order valence-corrected chi connectivity index (χ0v) is 9.31. The minimum atomic E-state index is -0.398. The lowest BCUT2D eigenvalue weighted by molar-refractivity contribution is -0.384. The Morgan fingerprint density at radius 1 is 1.44 bits per heavy atom. The van der Waals surface area contributed by atoms with Gasteiger partial charge >= 0.3 is 0 Å². The van der Waals surface area contributed by atoms with Crippen molar-refractivity contribution in [3.05, 3.63) is 39.9 Å². The molecule has 0 aliphatic carbocycles. The Labute approximate surface area is 97.4 Å². The molecule has 1 fully saturated rings. The van der Waals surface area contributed by atoms with Crippen molar-refractivity contribution in [1.29, 1.82) is 5.26 Å². The first-order valence-electron chi connectivity index (χ1n) is 4.96. The van der Waals surface area contributed by atoms with Crippen molar-refractivity contribution in [2.24, 2.45) is 0 Å². The number of rotatable bonds is 2. The summed E-state index contributed by atoms with van der Waals surface area (Å²) < 4.78 is 0. The molecule has 1 saturated heterocycles. The number of non-ortho nitro benzene ring substituents is 1. The second-order valence-electron chi connectivity index (χ2n) is 3.73. The number of nitro groups is 1. The van der Waals surface area contributed by atoms with Crippen LogP contribution in [0.1, 0.15) is 17.9 Å². The number of hydrogen-bond donors (Lipinski definition) is 0. The van der Waals surface area contributed by atoms with Crippen molar-refractivity contribution in [3.8, 4) is 6.07 Å². The van der Waals surface area contributed by atoms with E-state index in [4.69, 9.17) is 5.26 Å². The van der Waals surface area contributed by atoms with Crippen molar-refractivity contribution < 1.29 is 4.92 Å². The van der Waals surface area contributed by atoms with E-state index in [0.717, 1.165) is 17.7 Å². The van der Waals surface area contributed by atoms with Gasteiger partial charge in [0.05, 0.1) is 16.2 Å². The summed E-state index contributed by atoms with van der Waals surface area (Å²) in [7, 11) is 0. The van der Waals surface area contributed by atoms with Crippen LogP contribution < -0.4 is 0 Å². The quantitative estimate of drug-likeness (QED) is 0.583. The first-order chi connectivity index (χ1) is 7.70. The summed E-state index contributed by atoms with van der Waals surface area (Å²) in [5.74, 6) is 1.28. The average Bonchev–Trinajstić information content (AvgIpc) is 2.77. The van der Waals surface area contributed by atoms with Crippen molar-refractivity contribution in [1.82, 2.24) is 0 Å². The number of nitrogens with zero attached hydrogens (tertiary/aromatic N) is 2. The van der Waals surface area contributed by atoms with Gasteiger partial charge in [-0.2, -0.15) is 5.26 Å². The lowest BCUT2D eigenvalue weighted by Gasteiger charge is -2.07. The summed E-state index contributed by atoms with van der Waals surface area (Å²) >= 11 is 1.66. The third-order valence-corrected chi connectivity index (χ3v) is 4.01. The van der Waals surface area contributed by atoms with E-state index in [-0.39, 0.29) is 10.9 Å². The van der Waals surface area contributed by atoms with Gasteiger partial charge in [-0.05, 0) is 17.9 Å². The van der Waals surface area contributed by atoms with E-state index in [1.54, 1.807) is 23.9 Å². The zero-order chi connectivity index (χ0) is 11.5. The number of nitriles is 1. The molecule has 16 heavy (non-hydrogen) atoms. The van der Waals surface area contributed by atoms with E-state index < -0.39 is 4.92 Å². The lowest BCUT2D eigenvalue weighted by Crippen LogP contribution is -1.99. The molecular formula is C11H10N2O2S. The fraction of sp³-hybridized carbons (Fsp3) is 0.364. The van der Waals surface area contributed by atoms with Crippen LogP contribution in [0.4, 0.5) is 5.69 Å². The molecule has 0 aromatic heterocycles. The van der Waals surface area contributed by atoms with E-state index in [2.05, 4.69) is 6.07 Å². The van der Waals surface area contributed by atoms with Gasteiger partial charge in [0.15, 0.2) is 0 Å². The third kappa shape index (κ3) is 2.17. The summed E-state index contributed by atoms with van der Waals surface area (Å²) in [6, 6.07) is 8.89. The Bertz CT molecular complexity index is 438. The Kier molecular flexibility index (Phi) is 3.11. The molecule has 4 nitrogen and oxygen atoms in total. The number of benzene rings is 1. The molecule has 82 valence electrons. The maximum absolute atomic E-state index is 10.5. The third-order valence-electron chi connectivity index (χ3n) is 2.72. The van der Waals surface area contributed by atoms with Crippen LogP contribution in [0.3, 0.4) is 0 Å². The predicted octanol–water partition coefficient (Wildman–Crippen LogP) is 2.71. The van der Waals surface area contributed by atoms with Gasteiger partial charge in [-0.3, -0.25) is 10.1 Å². The Morgan fingerprint density at radius 2 is 2.12 bits per heavy atom. The van der Waals surface area contributed by atoms with Crippen LogP contribution in [0.15, 0.2) is 24.3 Å². The molecule has 2 atom stereocenters. The lowest BCUT2D eigenvalue weighted by atomic mass is 9.96. The fourth-order valence-electron chi connectivity index (χ4n) is 1.82. The molecule has 1 aliphatic heterocycles. The molecule has 0 saturated carbocycles. The standard InChI is InChI=1S/C11H10N2O2S/c12-6-11-5-9(7-16-11)8-1-3-10(4-2-8)13(14)15/h1-4,9,11H,5,7H2/t9-,11-/m0/s1. The molecule has 1 aromatic rings. The number of nitro benzene ring substituents is 1. The van der Waals surface area contributed by atoms with E-state index >= 15 is 0 Å². The van der Waals surface area contributed by atoms with Gasteiger partial charge in [0.2, 0.25) is 0 Å². The van der Waals surface area contributed by atoms with E-state index in [1.165, 1.54) is 12.1 Å². The fourth-order valence-corrected chi connectivity index (χ4v) is 3.05. The van der Waals surface area contributed by atoms with Gasteiger partial charge in [-0.1, -0.05) is 12.1 Å². The second kappa shape index (κ2) is 4.54. The zero-order valence-electron chi connectivity index (χ0n) is 8.50. The van der Waals surface area contributed by atoms with Gasteiger partial charge in [-0.15, -0.1) is 11.8 Å². The van der Waals surface area contributed by atoms with Gasteiger partial charge in [0, 0.05) is 17.9 Å². The molecule has 1 aliphatic rings. The summed E-state index contributed by atoms with van der Waals surface area (Å²) in [4.78, 5) is 10.1. The number of hydrogen-bond acceptors (Lipinski definition) is 4. The van der Waals surface area contributed by atoms with Crippen LogP contribution in [-0.4, -0.2) is 15.9 Å². The predicted molar refractivity (Wildman–Crippen MR) is 62.3 cm³/mol. The van der Waals surface area contributed by atoms with Crippen LogP contribution in [0.25, 0.3) is 0 Å². The first-order valence-corrected chi connectivity index (χ1v) is 6.01. The van der Waals surface area contributed by atoms with Gasteiger partial charge in [0.1, 0.15) is 0 Å². The molecule has 0 radical (unpaired) electrons. The summed E-state index contributed by atoms with van der Waals surface area (Å²) in [6.45, 7) is 0. The van der Waals surface area contributed by atoms with Crippen molar-refractivity contribution in [3.63, 3.8) is 0 Å².